The molecule has 0 spiro atoms. The minimum Gasteiger partial charge on any atom is -0.335 e. The molecule has 1 atom stereocenters. The van der Waals surface area contributed by atoms with Crippen molar-refractivity contribution >= 4 is 35.0 Å². The summed E-state index contributed by atoms with van der Waals surface area (Å²) in [5.41, 5.74) is 0.640. The van der Waals surface area contributed by atoms with E-state index in [-0.39, 0.29) is 27.6 Å². The number of carbonyl (C=O) groups is 1. The summed E-state index contributed by atoms with van der Waals surface area (Å²) in [4.78, 5) is 16.2. The van der Waals surface area contributed by atoms with E-state index in [0.29, 0.717) is 5.69 Å². The highest BCUT2D eigenvalue weighted by Gasteiger charge is 2.21. The van der Waals surface area contributed by atoms with Crippen molar-refractivity contribution < 1.29 is 9.18 Å². The summed E-state index contributed by atoms with van der Waals surface area (Å²) in [5.74, 6) is 5.38. The van der Waals surface area contributed by atoms with Gasteiger partial charge >= 0.3 is 0 Å². The van der Waals surface area contributed by atoms with Gasteiger partial charge in [0.15, 0.2) is 11.0 Å². The third-order valence-electron chi connectivity index (χ3n) is 3.45. The second kappa shape index (κ2) is 7.71. The van der Waals surface area contributed by atoms with E-state index in [9.17, 15) is 9.18 Å². The number of aromatic nitrogens is 4. The Morgan fingerprint density at radius 3 is 2.81 bits per heavy atom. The van der Waals surface area contributed by atoms with Crippen LogP contribution in [0.1, 0.15) is 6.92 Å². The van der Waals surface area contributed by atoms with Crippen molar-refractivity contribution in [2.24, 2.45) is 0 Å². The molecular formula is C16H14ClFN6OS. The van der Waals surface area contributed by atoms with Crippen LogP contribution in [0.25, 0.3) is 11.4 Å². The molecule has 1 amide bonds. The van der Waals surface area contributed by atoms with Crippen LogP contribution in [-0.2, 0) is 4.79 Å². The molecule has 0 bridgehead atoms. The van der Waals surface area contributed by atoms with Crippen molar-refractivity contribution in [2.75, 3.05) is 11.2 Å². The third-order valence-corrected chi connectivity index (χ3v) is 4.81. The molecule has 0 saturated carbocycles. The molecule has 0 fully saturated rings. The molecule has 0 aliphatic rings. The van der Waals surface area contributed by atoms with Crippen molar-refractivity contribution in [3.63, 3.8) is 0 Å². The number of nitrogens with zero attached hydrogens (tertiary/aromatic N) is 4. The number of hydrogen-bond acceptors (Lipinski definition) is 6. The molecule has 2 heterocycles. The lowest BCUT2D eigenvalue weighted by Gasteiger charge is -2.12. The lowest BCUT2D eigenvalue weighted by molar-refractivity contribution is -0.115. The van der Waals surface area contributed by atoms with E-state index in [1.165, 1.54) is 12.3 Å². The Kier molecular flexibility index (Phi) is 5.38. The van der Waals surface area contributed by atoms with E-state index in [2.05, 4.69) is 20.5 Å². The fourth-order valence-electron chi connectivity index (χ4n) is 2.11. The molecular weight excluding hydrogens is 379 g/mol. The number of carbonyl (C=O) groups excluding carboxylic acids is 1. The molecule has 2 aromatic heterocycles. The van der Waals surface area contributed by atoms with Gasteiger partial charge in [0.2, 0.25) is 11.1 Å². The van der Waals surface area contributed by atoms with E-state index in [4.69, 9.17) is 17.4 Å². The maximum absolute atomic E-state index is 13.9. The van der Waals surface area contributed by atoms with Gasteiger partial charge in [-0.25, -0.2) is 14.1 Å². The zero-order valence-corrected chi connectivity index (χ0v) is 15.1. The van der Waals surface area contributed by atoms with Crippen LogP contribution in [0, 0.1) is 5.82 Å². The van der Waals surface area contributed by atoms with Crippen molar-refractivity contribution in [2.45, 2.75) is 17.3 Å². The molecule has 134 valence electrons. The number of anilines is 1. The lowest BCUT2D eigenvalue weighted by atomic mass is 10.2. The fraction of sp³-hybridized carbons (Fsp3) is 0.125. The standard InChI is InChI=1S/C16H14ClFN6OS/c1-9(15(25)21-12-7-4-8-20-13(12)17)26-16-23-22-14(24(16)19)10-5-2-3-6-11(10)18/h2-9H,19H2,1H3,(H,21,25)/t9-/m1/s1. The summed E-state index contributed by atoms with van der Waals surface area (Å²) in [6.45, 7) is 1.68. The van der Waals surface area contributed by atoms with E-state index < -0.39 is 11.1 Å². The van der Waals surface area contributed by atoms with Gasteiger partial charge in [-0.2, -0.15) is 0 Å². The summed E-state index contributed by atoms with van der Waals surface area (Å²) < 4.78 is 15.1. The van der Waals surface area contributed by atoms with Gasteiger partial charge in [-0.15, -0.1) is 10.2 Å². The number of thioether (sulfide) groups is 1. The highest BCUT2D eigenvalue weighted by atomic mass is 35.5. The minimum atomic E-state index is -0.550. The summed E-state index contributed by atoms with van der Waals surface area (Å²) in [5, 5.41) is 10.5. The first-order valence-electron chi connectivity index (χ1n) is 7.51. The molecule has 26 heavy (non-hydrogen) atoms. The monoisotopic (exact) mass is 392 g/mol. The molecule has 7 nitrogen and oxygen atoms in total. The number of amides is 1. The zero-order chi connectivity index (χ0) is 18.7. The Balaban J connectivity index is 1.74. The van der Waals surface area contributed by atoms with Gasteiger partial charge in [0.25, 0.3) is 0 Å². The van der Waals surface area contributed by atoms with E-state index >= 15 is 0 Å². The highest BCUT2D eigenvalue weighted by Crippen LogP contribution is 2.27. The Bertz CT molecular complexity index is 950. The molecule has 0 radical (unpaired) electrons. The number of nitrogens with one attached hydrogen (secondary N) is 1. The molecule has 10 heteroatoms. The quantitative estimate of drug-likeness (QED) is 0.393. The first kappa shape index (κ1) is 18.2. The highest BCUT2D eigenvalue weighted by molar-refractivity contribution is 8.00. The Hall–Kier alpha value is -2.65. The van der Waals surface area contributed by atoms with Gasteiger partial charge in [-0.3, -0.25) is 4.79 Å². The predicted molar refractivity (Wildman–Crippen MR) is 98.8 cm³/mol. The predicted octanol–water partition coefficient (Wildman–Crippen LogP) is 2.97. The number of halogens is 2. The second-order valence-corrected chi connectivity index (χ2v) is 6.91. The van der Waals surface area contributed by atoms with Crippen LogP contribution >= 0.6 is 23.4 Å². The molecule has 0 aliphatic carbocycles. The smallest absolute Gasteiger partial charge is 0.237 e. The van der Waals surface area contributed by atoms with E-state index in [1.807, 2.05) is 0 Å². The van der Waals surface area contributed by atoms with Gasteiger partial charge in [0, 0.05) is 6.20 Å². The van der Waals surface area contributed by atoms with Crippen molar-refractivity contribution in [1.29, 1.82) is 0 Å². The van der Waals surface area contributed by atoms with Crippen LogP contribution < -0.4 is 11.2 Å². The van der Waals surface area contributed by atoms with Gasteiger partial charge in [0.1, 0.15) is 5.82 Å². The van der Waals surface area contributed by atoms with Crippen LogP contribution in [0.5, 0.6) is 0 Å². The number of pyridine rings is 1. The maximum Gasteiger partial charge on any atom is 0.237 e. The van der Waals surface area contributed by atoms with Crippen LogP contribution in [-0.4, -0.2) is 31.0 Å². The summed E-state index contributed by atoms with van der Waals surface area (Å²) >= 11 is 7.02. The first-order valence-corrected chi connectivity index (χ1v) is 8.76. The number of nitrogens with two attached hydrogens (primary N) is 1. The number of rotatable bonds is 5. The largest absolute Gasteiger partial charge is 0.335 e. The fourth-order valence-corrected chi connectivity index (χ4v) is 3.05. The van der Waals surface area contributed by atoms with Crippen molar-refractivity contribution in [3.8, 4) is 11.4 Å². The molecule has 3 aromatic rings. The van der Waals surface area contributed by atoms with E-state index in [1.54, 1.807) is 37.3 Å². The number of nitrogen functional groups attached to an aromatic ring is 1. The topological polar surface area (TPSA) is 98.7 Å². The SMILES string of the molecule is C[C@@H](Sc1nnc(-c2ccccc2F)n1N)C(=O)Nc1cccnc1Cl. The number of benzene rings is 1. The Morgan fingerprint density at radius 1 is 1.31 bits per heavy atom. The second-order valence-electron chi connectivity index (χ2n) is 5.25. The normalized spacial score (nSPS) is 12.0. The van der Waals surface area contributed by atoms with Crippen LogP contribution in [0.15, 0.2) is 47.8 Å². The van der Waals surface area contributed by atoms with Gasteiger partial charge in [-0.05, 0) is 31.2 Å². The van der Waals surface area contributed by atoms with Gasteiger partial charge in [0.05, 0.1) is 16.5 Å². The third kappa shape index (κ3) is 3.78. The lowest BCUT2D eigenvalue weighted by Crippen LogP contribution is -2.24. The Morgan fingerprint density at radius 2 is 2.08 bits per heavy atom. The van der Waals surface area contributed by atoms with E-state index in [0.717, 1.165) is 16.4 Å². The molecule has 3 rings (SSSR count). The summed E-state index contributed by atoms with van der Waals surface area (Å²) in [6.07, 6.45) is 1.53. The average Bonchev–Trinajstić information content (AvgIpc) is 2.98. The Labute approximate surface area is 157 Å². The van der Waals surface area contributed by atoms with Crippen molar-refractivity contribution in [3.05, 3.63) is 53.6 Å². The van der Waals surface area contributed by atoms with Gasteiger partial charge in [-0.1, -0.05) is 35.5 Å². The van der Waals surface area contributed by atoms with Crippen LogP contribution in [0.2, 0.25) is 5.15 Å². The molecule has 0 unspecified atom stereocenters. The maximum atomic E-state index is 13.9. The molecule has 0 aliphatic heterocycles. The average molecular weight is 393 g/mol. The summed E-state index contributed by atoms with van der Waals surface area (Å²) in [7, 11) is 0. The van der Waals surface area contributed by atoms with Crippen LogP contribution in [0.4, 0.5) is 10.1 Å². The minimum absolute atomic E-state index is 0.175. The zero-order valence-electron chi connectivity index (χ0n) is 13.6. The molecule has 3 N–H and O–H groups in total. The summed E-state index contributed by atoms with van der Waals surface area (Å²) in [6, 6.07) is 9.42. The molecule has 1 aromatic carbocycles. The van der Waals surface area contributed by atoms with Crippen molar-refractivity contribution in [1.82, 2.24) is 19.9 Å². The first-order chi connectivity index (χ1) is 12.5. The van der Waals surface area contributed by atoms with Gasteiger partial charge < -0.3 is 11.2 Å². The molecule has 0 saturated heterocycles. The van der Waals surface area contributed by atoms with Crippen LogP contribution in [0.3, 0.4) is 0 Å². The number of hydrogen-bond donors (Lipinski definition) is 2.